The van der Waals surface area contributed by atoms with Gasteiger partial charge in [0.05, 0.1) is 10.6 Å². The molecule has 96 valence electrons. The maximum absolute atomic E-state index is 11.8. The van der Waals surface area contributed by atoms with Crippen LogP contribution in [0.4, 0.5) is 0 Å². The number of carbonyl (C=O) groups excluding carboxylic acids is 1. The third-order valence-electron chi connectivity index (χ3n) is 2.70. The van der Waals surface area contributed by atoms with Crippen molar-refractivity contribution < 1.29 is 9.53 Å². The van der Waals surface area contributed by atoms with Crippen LogP contribution in [0.15, 0.2) is 34.4 Å². The zero-order valence-electron chi connectivity index (χ0n) is 10.5. The number of esters is 1. The van der Waals surface area contributed by atoms with Crippen LogP contribution in [0.25, 0.3) is 6.08 Å². The monoisotopic (exact) mass is 273 g/mol. The Morgan fingerprint density at radius 2 is 2.32 bits per heavy atom. The van der Waals surface area contributed by atoms with Crippen LogP contribution in [-0.4, -0.2) is 21.6 Å². The lowest BCUT2D eigenvalue weighted by atomic mass is 10.2. The fraction of sp³-hybridized carbons (Fsp3) is 0.154. The number of rotatable bonds is 2. The van der Waals surface area contributed by atoms with Crippen molar-refractivity contribution in [2.45, 2.75) is 6.92 Å². The largest absolute Gasteiger partial charge is 0.401 e. The maximum atomic E-state index is 11.8. The van der Waals surface area contributed by atoms with Crippen molar-refractivity contribution >= 4 is 29.3 Å². The Bertz CT molecular complexity index is 696. The number of carbonyl (C=O) groups is 1. The summed E-state index contributed by atoms with van der Waals surface area (Å²) in [4.78, 5) is 16.9. The molecule has 0 spiro atoms. The SMILES string of the molecule is Cc1nn(C)cc1/C=C1/N=C(c2cccs2)OC1=O. The van der Waals surface area contributed by atoms with E-state index in [2.05, 4.69) is 10.1 Å². The summed E-state index contributed by atoms with van der Waals surface area (Å²) in [5.74, 6) is -0.0561. The van der Waals surface area contributed by atoms with Gasteiger partial charge in [0.15, 0.2) is 5.70 Å². The first kappa shape index (κ1) is 11.9. The van der Waals surface area contributed by atoms with E-state index in [1.807, 2.05) is 37.7 Å². The van der Waals surface area contributed by atoms with E-state index >= 15 is 0 Å². The molecule has 2 aromatic rings. The summed E-state index contributed by atoms with van der Waals surface area (Å²) in [5, 5.41) is 6.14. The second-order valence-electron chi connectivity index (χ2n) is 4.16. The average molecular weight is 273 g/mol. The maximum Gasteiger partial charge on any atom is 0.363 e. The predicted molar refractivity (Wildman–Crippen MR) is 72.9 cm³/mol. The van der Waals surface area contributed by atoms with Gasteiger partial charge in [0, 0.05) is 18.8 Å². The number of hydrogen-bond acceptors (Lipinski definition) is 5. The third-order valence-corrected chi connectivity index (χ3v) is 3.55. The Morgan fingerprint density at radius 3 is 2.95 bits per heavy atom. The quantitative estimate of drug-likeness (QED) is 0.622. The summed E-state index contributed by atoms with van der Waals surface area (Å²) < 4.78 is 6.86. The summed E-state index contributed by atoms with van der Waals surface area (Å²) in [6, 6.07) is 3.76. The highest BCUT2D eigenvalue weighted by molar-refractivity contribution is 7.12. The number of aliphatic imine (C=N–C) groups is 1. The summed E-state index contributed by atoms with van der Waals surface area (Å²) in [6.45, 7) is 1.89. The fourth-order valence-electron chi connectivity index (χ4n) is 1.82. The Kier molecular flexibility index (Phi) is 2.79. The lowest BCUT2D eigenvalue weighted by molar-refractivity contribution is -0.129. The van der Waals surface area contributed by atoms with E-state index in [4.69, 9.17) is 4.74 Å². The number of aromatic nitrogens is 2. The first-order valence-electron chi connectivity index (χ1n) is 5.70. The second kappa shape index (κ2) is 4.47. The van der Waals surface area contributed by atoms with Gasteiger partial charge in [0.2, 0.25) is 5.90 Å². The highest BCUT2D eigenvalue weighted by Crippen LogP contribution is 2.22. The lowest BCUT2D eigenvalue weighted by Gasteiger charge is -1.92. The molecule has 19 heavy (non-hydrogen) atoms. The molecular weight excluding hydrogens is 262 g/mol. The van der Waals surface area contributed by atoms with Crippen molar-refractivity contribution in [2.24, 2.45) is 12.0 Å². The molecule has 0 aromatic carbocycles. The molecule has 0 fully saturated rings. The third kappa shape index (κ3) is 2.22. The molecule has 0 bridgehead atoms. The molecule has 1 aliphatic rings. The average Bonchev–Trinajstić information content (AvgIpc) is 3.03. The van der Waals surface area contributed by atoms with Crippen molar-refractivity contribution in [1.29, 1.82) is 0 Å². The van der Waals surface area contributed by atoms with Crippen LogP contribution < -0.4 is 0 Å². The van der Waals surface area contributed by atoms with Gasteiger partial charge in [-0.3, -0.25) is 4.68 Å². The van der Waals surface area contributed by atoms with Gasteiger partial charge in [0.1, 0.15) is 0 Å². The van der Waals surface area contributed by atoms with Crippen molar-refractivity contribution in [1.82, 2.24) is 9.78 Å². The molecule has 0 saturated heterocycles. The second-order valence-corrected chi connectivity index (χ2v) is 5.10. The molecule has 0 aliphatic carbocycles. The highest BCUT2D eigenvalue weighted by Gasteiger charge is 2.25. The standard InChI is InChI=1S/C13H11N3O2S/c1-8-9(7-16(2)15-8)6-10-13(17)18-12(14-10)11-4-3-5-19-11/h3-7H,1-2H3/b10-6+. The zero-order valence-corrected chi connectivity index (χ0v) is 11.3. The molecule has 2 aromatic heterocycles. The minimum absolute atomic E-state index is 0.305. The molecule has 0 unspecified atom stereocenters. The minimum Gasteiger partial charge on any atom is -0.401 e. The zero-order chi connectivity index (χ0) is 13.4. The van der Waals surface area contributed by atoms with E-state index in [0.717, 1.165) is 16.1 Å². The summed E-state index contributed by atoms with van der Waals surface area (Å²) in [5.41, 5.74) is 2.02. The van der Waals surface area contributed by atoms with Gasteiger partial charge in [-0.15, -0.1) is 11.3 Å². The molecule has 1 aliphatic heterocycles. The topological polar surface area (TPSA) is 56.5 Å². The molecule has 0 N–H and O–H groups in total. The first-order valence-corrected chi connectivity index (χ1v) is 6.58. The molecule has 0 radical (unpaired) electrons. The number of ether oxygens (including phenoxy) is 1. The van der Waals surface area contributed by atoms with E-state index in [1.54, 1.807) is 10.8 Å². The van der Waals surface area contributed by atoms with Crippen LogP contribution in [0.5, 0.6) is 0 Å². The molecule has 0 amide bonds. The molecule has 6 heteroatoms. The molecular formula is C13H11N3O2S. The predicted octanol–water partition coefficient (Wildman–Crippen LogP) is 2.13. The number of cyclic esters (lactones) is 1. The van der Waals surface area contributed by atoms with Gasteiger partial charge >= 0.3 is 5.97 Å². The van der Waals surface area contributed by atoms with E-state index in [0.29, 0.717) is 11.6 Å². The molecule has 0 saturated carbocycles. The van der Waals surface area contributed by atoms with E-state index < -0.39 is 5.97 Å². The molecule has 5 nitrogen and oxygen atoms in total. The van der Waals surface area contributed by atoms with Crippen LogP contribution in [0.3, 0.4) is 0 Å². The Labute approximate surface area is 113 Å². The Hall–Kier alpha value is -2.21. The normalized spacial score (nSPS) is 16.8. The Morgan fingerprint density at radius 1 is 1.47 bits per heavy atom. The summed E-state index contributed by atoms with van der Waals surface area (Å²) >= 11 is 1.49. The summed E-state index contributed by atoms with van der Waals surface area (Å²) in [7, 11) is 1.84. The van der Waals surface area contributed by atoms with Crippen LogP contribution in [0.1, 0.15) is 16.1 Å². The number of thiophene rings is 1. The van der Waals surface area contributed by atoms with Crippen molar-refractivity contribution in [2.75, 3.05) is 0 Å². The van der Waals surface area contributed by atoms with Gasteiger partial charge in [0.25, 0.3) is 0 Å². The fourth-order valence-corrected chi connectivity index (χ4v) is 2.47. The van der Waals surface area contributed by atoms with E-state index in [9.17, 15) is 4.79 Å². The van der Waals surface area contributed by atoms with Crippen LogP contribution >= 0.6 is 11.3 Å². The van der Waals surface area contributed by atoms with Crippen molar-refractivity contribution in [3.63, 3.8) is 0 Å². The number of nitrogens with zero attached hydrogens (tertiary/aromatic N) is 3. The van der Waals surface area contributed by atoms with Crippen molar-refractivity contribution in [3.8, 4) is 0 Å². The smallest absolute Gasteiger partial charge is 0.363 e. The van der Waals surface area contributed by atoms with E-state index in [1.165, 1.54) is 11.3 Å². The van der Waals surface area contributed by atoms with Crippen LogP contribution in [-0.2, 0) is 16.6 Å². The van der Waals surface area contributed by atoms with Gasteiger partial charge in [-0.2, -0.15) is 5.10 Å². The lowest BCUT2D eigenvalue weighted by Crippen LogP contribution is -2.03. The molecule has 3 heterocycles. The molecule has 0 atom stereocenters. The number of aryl methyl sites for hydroxylation is 2. The number of hydrogen-bond donors (Lipinski definition) is 0. The van der Waals surface area contributed by atoms with E-state index in [-0.39, 0.29) is 0 Å². The van der Waals surface area contributed by atoms with Gasteiger partial charge in [-0.1, -0.05) is 6.07 Å². The summed E-state index contributed by atoms with van der Waals surface area (Å²) in [6.07, 6.45) is 3.54. The van der Waals surface area contributed by atoms with Gasteiger partial charge in [-0.05, 0) is 24.4 Å². The van der Waals surface area contributed by atoms with Crippen LogP contribution in [0, 0.1) is 6.92 Å². The van der Waals surface area contributed by atoms with Gasteiger partial charge in [-0.25, -0.2) is 9.79 Å². The highest BCUT2D eigenvalue weighted by atomic mass is 32.1. The minimum atomic E-state index is -0.424. The molecule has 3 rings (SSSR count). The van der Waals surface area contributed by atoms with Gasteiger partial charge < -0.3 is 4.74 Å². The van der Waals surface area contributed by atoms with Crippen LogP contribution in [0.2, 0.25) is 0 Å². The van der Waals surface area contributed by atoms with Crippen molar-refractivity contribution in [3.05, 3.63) is 45.5 Å². The first-order chi connectivity index (χ1) is 9.13. The Balaban J connectivity index is 1.97.